The van der Waals surface area contributed by atoms with Crippen LogP contribution in [0, 0.1) is 6.92 Å². The summed E-state index contributed by atoms with van der Waals surface area (Å²) in [5.41, 5.74) is 0.938. The Bertz CT molecular complexity index is 1070. The maximum atomic E-state index is 13.2. The Morgan fingerprint density at radius 3 is 2.64 bits per heavy atom. The van der Waals surface area contributed by atoms with E-state index < -0.39 is 16.8 Å². The molecule has 3 aromatic rings. The second kappa shape index (κ2) is 6.37. The molecule has 2 aromatic heterocycles. The van der Waals surface area contributed by atoms with E-state index in [2.05, 4.69) is 15.1 Å². The molecule has 6 nitrogen and oxygen atoms in total. The number of hydrogen-bond donors (Lipinski definition) is 1. The van der Waals surface area contributed by atoms with Crippen molar-refractivity contribution >= 4 is 23.2 Å². The summed E-state index contributed by atoms with van der Waals surface area (Å²) in [6.07, 6.45) is -1.36. The van der Waals surface area contributed by atoms with Gasteiger partial charge < -0.3 is 9.88 Å². The van der Waals surface area contributed by atoms with Crippen LogP contribution in [-0.4, -0.2) is 32.2 Å². The van der Waals surface area contributed by atoms with Crippen molar-refractivity contribution in [1.82, 2.24) is 19.7 Å². The Labute approximate surface area is 162 Å². The van der Waals surface area contributed by atoms with Gasteiger partial charge in [-0.1, -0.05) is 11.6 Å². The fraction of sp³-hybridized carbons (Fsp3) is 0.278. The Balaban J connectivity index is 1.76. The number of halogens is 4. The van der Waals surface area contributed by atoms with Crippen molar-refractivity contribution in [2.45, 2.75) is 26.1 Å². The third-order valence-electron chi connectivity index (χ3n) is 4.67. The van der Waals surface area contributed by atoms with E-state index in [1.54, 1.807) is 24.0 Å². The predicted molar refractivity (Wildman–Crippen MR) is 97.4 cm³/mol. The van der Waals surface area contributed by atoms with Gasteiger partial charge in [-0.15, -0.1) is 0 Å². The molecule has 1 aromatic carbocycles. The fourth-order valence-corrected chi connectivity index (χ4v) is 3.62. The summed E-state index contributed by atoms with van der Waals surface area (Å²) in [4.78, 5) is 21.8. The minimum Gasteiger partial charge on any atom is -0.342 e. The molecule has 0 saturated carbocycles. The highest BCUT2D eigenvalue weighted by atomic mass is 35.5. The highest BCUT2D eigenvalue weighted by Crippen LogP contribution is 2.38. The zero-order chi connectivity index (χ0) is 20.2. The van der Waals surface area contributed by atoms with Gasteiger partial charge in [-0.2, -0.15) is 18.3 Å². The van der Waals surface area contributed by atoms with E-state index in [9.17, 15) is 18.0 Å². The van der Waals surface area contributed by atoms with Crippen molar-refractivity contribution in [3.8, 4) is 11.3 Å². The van der Waals surface area contributed by atoms with E-state index in [0.717, 1.165) is 6.07 Å². The molecule has 0 unspecified atom stereocenters. The molecule has 0 aliphatic carbocycles. The second-order valence-electron chi connectivity index (χ2n) is 6.66. The molecule has 0 spiro atoms. The Kier molecular flexibility index (Phi) is 4.22. The van der Waals surface area contributed by atoms with Crippen molar-refractivity contribution < 1.29 is 18.0 Å². The van der Waals surface area contributed by atoms with Crippen LogP contribution in [0.3, 0.4) is 0 Å². The van der Waals surface area contributed by atoms with Gasteiger partial charge in [-0.3, -0.25) is 9.48 Å². The lowest BCUT2D eigenvalue weighted by Gasteiger charge is -2.32. The zero-order valence-corrected chi connectivity index (χ0v) is 15.6. The van der Waals surface area contributed by atoms with Gasteiger partial charge in [-0.05, 0) is 32.0 Å². The van der Waals surface area contributed by atoms with E-state index in [1.807, 2.05) is 6.92 Å². The first-order valence-electron chi connectivity index (χ1n) is 8.45. The Morgan fingerprint density at radius 1 is 1.29 bits per heavy atom. The number of nitrogens with one attached hydrogen (secondary N) is 1. The second-order valence-corrected chi connectivity index (χ2v) is 7.07. The van der Waals surface area contributed by atoms with Crippen molar-refractivity contribution in [3.05, 3.63) is 52.7 Å². The van der Waals surface area contributed by atoms with Crippen LogP contribution in [0.4, 0.5) is 18.9 Å². The maximum absolute atomic E-state index is 13.2. The van der Waals surface area contributed by atoms with E-state index in [0.29, 0.717) is 28.5 Å². The minimum atomic E-state index is -4.56. The first-order chi connectivity index (χ1) is 13.2. The number of fused-ring (bicyclic) bond motifs is 1. The lowest BCUT2D eigenvalue weighted by molar-refractivity contribution is -0.137. The molecule has 1 atom stereocenters. The molecule has 1 amide bonds. The predicted octanol–water partition coefficient (Wildman–Crippen LogP) is 4.48. The monoisotopic (exact) mass is 409 g/mol. The van der Waals surface area contributed by atoms with E-state index in [-0.39, 0.29) is 18.5 Å². The molecule has 3 heterocycles. The van der Waals surface area contributed by atoms with Gasteiger partial charge >= 0.3 is 6.18 Å². The summed E-state index contributed by atoms with van der Waals surface area (Å²) in [6, 6.07) is 3.14. The number of amides is 1. The van der Waals surface area contributed by atoms with Crippen LogP contribution in [0.5, 0.6) is 0 Å². The number of anilines is 1. The Morgan fingerprint density at radius 2 is 2.04 bits per heavy atom. The fourth-order valence-electron chi connectivity index (χ4n) is 3.34. The normalized spacial score (nSPS) is 17.1. The molecule has 0 bridgehead atoms. The third kappa shape index (κ3) is 2.95. The highest BCUT2D eigenvalue weighted by molar-refractivity contribution is 6.31. The quantitative estimate of drug-likeness (QED) is 0.678. The van der Waals surface area contributed by atoms with Gasteiger partial charge in [0.25, 0.3) is 5.91 Å². The standard InChI is InChI=1S/C18H15ClF3N5O/c1-9-8-26(11-3-4-13(14(19)5-11)18(20,21)22)17(28)16-12(6-24-27(9)16)15-7-23-10(2)25-15/h3-7,9H,8H2,1-2H3,(H,23,25)/t9-/m0/s1. The number of benzene rings is 1. The number of nitrogens with zero attached hydrogens (tertiary/aromatic N) is 4. The SMILES string of the molecule is Cc1ncc(-c2cnn3c2C(=O)N(c2ccc(C(F)(F)F)c(Cl)c2)C[C@@H]3C)[nH]1. The number of rotatable bonds is 2. The lowest BCUT2D eigenvalue weighted by atomic mass is 10.1. The average molecular weight is 410 g/mol. The van der Waals surface area contributed by atoms with Crippen LogP contribution in [0.25, 0.3) is 11.3 Å². The molecule has 10 heteroatoms. The number of aromatic amines is 1. The largest absolute Gasteiger partial charge is 0.417 e. The van der Waals surface area contributed by atoms with Crippen molar-refractivity contribution in [2.24, 2.45) is 0 Å². The first kappa shape index (κ1) is 18.5. The van der Waals surface area contributed by atoms with Crippen LogP contribution in [-0.2, 0) is 6.18 Å². The van der Waals surface area contributed by atoms with Crippen molar-refractivity contribution in [1.29, 1.82) is 0 Å². The molecule has 1 aliphatic rings. The van der Waals surface area contributed by atoms with Gasteiger partial charge in [0.1, 0.15) is 11.5 Å². The number of aromatic nitrogens is 4. The number of carbonyl (C=O) groups excluding carboxylic acids is 1. The molecule has 0 radical (unpaired) electrons. The van der Waals surface area contributed by atoms with Crippen LogP contribution in [0.2, 0.25) is 5.02 Å². The minimum absolute atomic E-state index is 0.175. The molecule has 1 N–H and O–H groups in total. The highest BCUT2D eigenvalue weighted by Gasteiger charge is 2.36. The summed E-state index contributed by atoms with van der Waals surface area (Å²) in [5, 5.41) is 3.86. The van der Waals surface area contributed by atoms with Gasteiger partial charge in [0.15, 0.2) is 0 Å². The van der Waals surface area contributed by atoms with Gasteiger partial charge in [0, 0.05) is 12.2 Å². The van der Waals surface area contributed by atoms with Crippen LogP contribution < -0.4 is 4.90 Å². The molecular formula is C18H15ClF3N5O. The number of imidazole rings is 1. The van der Waals surface area contributed by atoms with Crippen LogP contribution in [0.1, 0.15) is 34.8 Å². The van der Waals surface area contributed by atoms with Crippen LogP contribution >= 0.6 is 11.6 Å². The number of carbonyl (C=O) groups is 1. The summed E-state index contributed by atoms with van der Waals surface area (Å²) < 4.78 is 40.5. The first-order valence-corrected chi connectivity index (χ1v) is 8.82. The Hall–Kier alpha value is -2.81. The summed E-state index contributed by atoms with van der Waals surface area (Å²) in [6.45, 7) is 3.93. The molecule has 0 fully saturated rings. The molecule has 4 rings (SSSR count). The summed E-state index contributed by atoms with van der Waals surface area (Å²) in [5.74, 6) is 0.325. The van der Waals surface area contributed by atoms with E-state index in [4.69, 9.17) is 11.6 Å². The summed E-state index contributed by atoms with van der Waals surface area (Å²) in [7, 11) is 0. The van der Waals surface area contributed by atoms with Crippen molar-refractivity contribution in [2.75, 3.05) is 11.4 Å². The number of alkyl halides is 3. The number of hydrogen-bond acceptors (Lipinski definition) is 3. The van der Waals surface area contributed by atoms with Crippen LogP contribution in [0.15, 0.2) is 30.6 Å². The smallest absolute Gasteiger partial charge is 0.342 e. The zero-order valence-electron chi connectivity index (χ0n) is 14.9. The number of aryl methyl sites for hydroxylation is 1. The molecule has 146 valence electrons. The van der Waals surface area contributed by atoms with Gasteiger partial charge in [0.05, 0.1) is 40.3 Å². The van der Waals surface area contributed by atoms with E-state index in [1.165, 1.54) is 17.0 Å². The summed E-state index contributed by atoms with van der Waals surface area (Å²) >= 11 is 5.84. The number of H-pyrrole nitrogens is 1. The maximum Gasteiger partial charge on any atom is 0.417 e. The van der Waals surface area contributed by atoms with E-state index >= 15 is 0 Å². The van der Waals surface area contributed by atoms with Gasteiger partial charge in [0.2, 0.25) is 0 Å². The average Bonchev–Trinajstić information content (AvgIpc) is 3.23. The molecule has 1 aliphatic heterocycles. The molecular weight excluding hydrogens is 395 g/mol. The molecule has 0 saturated heterocycles. The van der Waals surface area contributed by atoms with Crippen molar-refractivity contribution in [3.63, 3.8) is 0 Å². The lowest BCUT2D eigenvalue weighted by Crippen LogP contribution is -2.42. The topological polar surface area (TPSA) is 66.8 Å². The van der Waals surface area contributed by atoms with Gasteiger partial charge in [-0.25, -0.2) is 4.98 Å². The molecule has 28 heavy (non-hydrogen) atoms. The third-order valence-corrected chi connectivity index (χ3v) is 4.98.